The minimum absolute atomic E-state index is 0.136. The monoisotopic (exact) mass is 312 g/mol. The van der Waals surface area contributed by atoms with E-state index in [2.05, 4.69) is 26.1 Å². The average molecular weight is 313 g/mol. The molecule has 20 heavy (non-hydrogen) atoms. The number of nitrogens with one attached hydrogen (secondary N) is 1. The van der Waals surface area contributed by atoms with Gasteiger partial charge in [0.1, 0.15) is 10.8 Å². The van der Waals surface area contributed by atoms with E-state index < -0.39 is 5.82 Å². The molecule has 0 fully saturated rings. The van der Waals surface area contributed by atoms with Gasteiger partial charge in [0.15, 0.2) is 0 Å². The minimum atomic E-state index is -0.399. The molecule has 0 aliphatic carbocycles. The zero-order valence-electron chi connectivity index (χ0n) is 11.8. The van der Waals surface area contributed by atoms with E-state index in [1.165, 1.54) is 10.9 Å². The van der Waals surface area contributed by atoms with Gasteiger partial charge >= 0.3 is 0 Å². The van der Waals surface area contributed by atoms with Crippen LogP contribution in [-0.4, -0.2) is 11.5 Å². The molecule has 0 aliphatic heterocycles. The Morgan fingerprint density at radius 1 is 1.40 bits per heavy atom. The van der Waals surface area contributed by atoms with E-state index in [1.54, 1.807) is 23.5 Å². The Kier molecular flexibility index (Phi) is 5.13. The van der Waals surface area contributed by atoms with E-state index in [0.717, 1.165) is 29.4 Å². The van der Waals surface area contributed by atoms with Gasteiger partial charge in [0.25, 0.3) is 0 Å². The Labute approximate surface area is 128 Å². The van der Waals surface area contributed by atoms with Crippen molar-refractivity contribution in [2.24, 2.45) is 0 Å². The Bertz CT molecular complexity index is 596. The van der Waals surface area contributed by atoms with Gasteiger partial charge < -0.3 is 5.32 Å². The number of rotatable bonds is 5. The lowest BCUT2D eigenvalue weighted by Gasteiger charge is -2.04. The van der Waals surface area contributed by atoms with E-state index in [9.17, 15) is 4.39 Å². The van der Waals surface area contributed by atoms with Crippen LogP contribution in [0.4, 0.5) is 4.39 Å². The van der Waals surface area contributed by atoms with Crippen molar-refractivity contribution in [1.29, 1.82) is 0 Å². The fourth-order valence-corrected chi connectivity index (χ4v) is 3.30. The summed E-state index contributed by atoms with van der Waals surface area (Å²) in [6, 6.07) is 4.75. The van der Waals surface area contributed by atoms with Crippen LogP contribution in [0, 0.1) is 5.82 Å². The maximum Gasteiger partial charge on any atom is 0.141 e. The van der Waals surface area contributed by atoms with Gasteiger partial charge in [-0.3, -0.25) is 0 Å². The van der Waals surface area contributed by atoms with Crippen LogP contribution in [0.2, 0.25) is 5.02 Å². The van der Waals surface area contributed by atoms with Crippen LogP contribution in [0.1, 0.15) is 37.3 Å². The first-order valence-corrected chi connectivity index (χ1v) is 7.88. The molecule has 2 aromatic rings. The summed E-state index contributed by atoms with van der Waals surface area (Å²) < 4.78 is 13.2. The molecule has 0 spiro atoms. The summed E-state index contributed by atoms with van der Waals surface area (Å²) in [6.45, 7) is 8.08. The number of halogens is 2. The van der Waals surface area contributed by atoms with E-state index in [-0.39, 0.29) is 5.02 Å². The van der Waals surface area contributed by atoms with Crippen LogP contribution in [0.3, 0.4) is 0 Å². The van der Waals surface area contributed by atoms with Gasteiger partial charge in [-0.25, -0.2) is 9.37 Å². The molecule has 0 aliphatic rings. The molecule has 2 nitrogen and oxygen atoms in total. The molecule has 1 N–H and O–H groups in total. The Hall–Kier alpha value is -0.970. The Morgan fingerprint density at radius 2 is 2.15 bits per heavy atom. The van der Waals surface area contributed by atoms with Crippen molar-refractivity contribution in [3.63, 3.8) is 0 Å². The van der Waals surface area contributed by atoms with Gasteiger partial charge in [-0.05, 0) is 30.7 Å². The Morgan fingerprint density at radius 3 is 2.75 bits per heavy atom. The third kappa shape index (κ3) is 3.37. The van der Waals surface area contributed by atoms with Crippen LogP contribution >= 0.6 is 22.9 Å². The molecular weight excluding hydrogens is 295 g/mol. The first-order chi connectivity index (χ1) is 9.52. The lowest BCUT2D eigenvalue weighted by molar-refractivity contribution is 0.628. The molecule has 0 saturated heterocycles. The maximum absolute atomic E-state index is 13.2. The van der Waals surface area contributed by atoms with E-state index in [1.807, 2.05) is 0 Å². The highest BCUT2D eigenvalue weighted by Gasteiger charge is 2.15. The molecule has 1 aromatic carbocycles. The molecule has 1 heterocycles. The van der Waals surface area contributed by atoms with Crippen LogP contribution in [-0.2, 0) is 6.54 Å². The van der Waals surface area contributed by atoms with Crippen LogP contribution in [0.5, 0.6) is 0 Å². The summed E-state index contributed by atoms with van der Waals surface area (Å²) in [6.07, 6.45) is 0. The highest BCUT2D eigenvalue weighted by molar-refractivity contribution is 7.15. The van der Waals surface area contributed by atoms with E-state index >= 15 is 0 Å². The predicted octanol–water partition coefficient (Wildman–Crippen LogP) is 4.84. The Balaban J connectivity index is 2.38. The molecule has 0 amide bonds. The van der Waals surface area contributed by atoms with Crippen molar-refractivity contribution in [3.05, 3.63) is 39.6 Å². The van der Waals surface area contributed by atoms with Gasteiger partial charge in [-0.1, -0.05) is 32.4 Å². The zero-order valence-corrected chi connectivity index (χ0v) is 13.4. The van der Waals surface area contributed by atoms with Crippen LogP contribution in [0.25, 0.3) is 10.6 Å². The fourth-order valence-electron chi connectivity index (χ4n) is 1.93. The molecule has 1 aromatic heterocycles. The number of hydrogen-bond donors (Lipinski definition) is 1. The molecule has 0 saturated carbocycles. The number of benzene rings is 1. The molecule has 2 rings (SSSR count). The second kappa shape index (κ2) is 6.66. The van der Waals surface area contributed by atoms with Crippen molar-refractivity contribution in [2.75, 3.05) is 6.54 Å². The molecule has 0 bridgehead atoms. The summed E-state index contributed by atoms with van der Waals surface area (Å²) in [7, 11) is 0. The van der Waals surface area contributed by atoms with Crippen molar-refractivity contribution < 1.29 is 4.39 Å². The lowest BCUT2D eigenvalue weighted by Crippen LogP contribution is -2.12. The summed E-state index contributed by atoms with van der Waals surface area (Å²) >= 11 is 7.49. The molecular formula is C15H18ClFN2S. The lowest BCUT2D eigenvalue weighted by atomic mass is 10.1. The highest BCUT2D eigenvalue weighted by atomic mass is 35.5. The smallest absolute Gasteiger partial charge is 0.141 e. The third-order valence-electron chi connectivity index (χ3n) is 2.98. The van der Waals surface area contributed by atoms with Gasteiger partial charge in [0.05, 0.1) is 10.7 Å². The first-order valence-electron chi connectivity index (χ1n) is 6.68. The largest absolute Gasteiger partial charge is 0.312 e. The topological polar surface area (TPSA) is 24.9 Å². The highest BCUT2D eigenvalue weighted by Crippen LogP contribution is 2.33. The fraction of sp³-hybridized carbons (Fsp3) is 0.400. The standard InChI is InChI=1S/C15H18ClFN2S/c1-4-18-8-13-14(9(2)3)19-15(20-13)10-5-6-12(17)11(16)7-10/h5-7,9,18H,4,8H2,1-3H3. The molecule has 0 radical (unpaired) electrons. The summed E-state index contributed by atoms with van der Waals surface area (Å²) in [5, 5.41) is 4.36. The number of aromatic nitrogens is 1. The molecule has 0 unspecified atom stereocenters. The molecule has 5 heteroatoms. The van der Waals surface area contributed by atoms with Crippen molar-refractivity contribution in [3.8, 4) is 10.6 Å². The summed E-state index contributed by atoms with van der Waals surface area (Å²) in [4.78, 5) is 5.93. The van der Waals surface area contributed by atoms with Gasteiger partial charge in [-0.2, -0.15) is 0 Å². The number of nitrogens with zero attached hydrogens (tertiary/aromatic N) is 1. The molecule has 0 atom stereocenters. The summed E-state index contributed by atoms with van der Waals surface area (Å²) in [5.41, 5.74) is 1.97. The van der Waals surface area contributed by atoms with Gasteiger partial charge in [0.2, 0.25) is 0 Å². The van der Waals surface area contributed by atoms with Gasteiger partial charge in [0, 0.05) is 17.0 Å². The maximum atomic E-state index is 13.2. The van der Waals surface area contributed by atoms with Gasteiger partial charge in [-0.15, -0.1) is 11.3 Å². The van der Waals surface area contributed by atoms with Crippen molar-refractivity contribution >= 4 is 22.9 Å². The first kappa shape index (κ1) is 15.4. The van der Waals surface area contributed by atoms with E-state index in [0.29, 0.717) is 5.92 Å². The normalized spacial score (nSPS) is 11.3. The quantitative estimate of drug-likeness (QED) is 0.855. The second-order valence-electron chi connectivity index (χ2n) is 4.89. The average Bonchev–Trinajstić information content (AvgIpc) is 2.84. The number of thiazole rings is 1. The van der Waals surface area contributed by atoms with E-state index in [4.69, 9.17) is 16.6 Å². The third-order valence-corrected chi connectivity index (χ3v) is 4.39. The predicted molar refractivity (Wildman–Crippen MR) is 84.0 cm³/mol. The minimum Gasteiger partial charge on any atom is -0.312 e. The van der Waals surface area contributed by atoms with Crippen molar-refractivity contribution in [2.45, 2.75) is 33.2 Å². The van der Waals surface area contributed by atoms with Crippen molar-refractivity contribution in [1.82, 2.24) is 10.3 Å². The van der Waals surface area contributed by atoms with Crippen LogP contribution in [0.15, 0.2) is 18.2 Å². The number of hydrogen-bond acceptors (Lipinski definition) is 3. The zero-order chi connectivity index (χ0) is 14.7. The van der Waals surface area contributed by atoms with Crippen LogP contribution < -0.4 is 5.32 Å². The second-order valence-corrected chi connectivity index (χ2v) is 6.38. The molecule has 108 valence electrons. The summed E-state index contributed by atoms with van der Waals surface area (Å²) in [5.74, 6) is -0.0338. The SMILES string of the molecule is CCNCc1sc(-c2ccc(F)c(Cl)c2)nc1C(C)C.